The molecule has 1 aliphatic heterocycles. The number of aliphatic hydroxyl groups excluding tert-OH is 1. The molecule has 4 aromatic carbocycles. The molecule has 6 rings (SSSR count). The number of rotatable bonds is 11. The van der Waals surface area contributed by atoms with Crippen molar-refractivity contribution in [1.29, 1.82) is 0 Å². The lowest BCUT2D eigenvalue weighted by Gasteiger charge is -2.23. The molecule has 232 valence electrons. The molecule has 1 unspecified atom stereocenters. The van der Waals surface area contributed by atoms with Gasteiger partial charge in [-0.25, -0.2) is 0 Å². The van der Waals surface area contributed by atoms with Crippen LogP contribution in [0.5, 0.6) is 11.5 Å². The van der Waals surface area contributed by atoms with Crippen molar-refractivity contribution in [2.75, 3.05) is 11.5 Å². The lowest BCUT2D eigenvalue weighted by atomic mass is 9.95. The van der Waals surface area contributed by atoms with Gasteiger partial charge in [0.25, 0.3) is 5.78 Å². The maximum absolute atomic E-state index is 13.7. The topological polar surface area (TPSA) is 102 Å². The monoisotopic (exact) mass is 649 g/mol. The van der Waals surface area contributed by atoms with Gasteiger partial charge in [0.2, 0.25) is 5.13 Å². The SMILES string of the molecule is CCOc1cc(C2/C(=C(\O)c3ccc(C)cc3)C(=O)C(=O)N2c2nnc(SCc3ccccc3)s2)ccc1OCc1ccccc1. The Morgan fingerprint density at radius 1 is 0.870 bits per heavy atom. The van der Waals surface area contributed by atoms with Gasteiger partial charge in [-0.15, -0.1) is 10.2 Å². The summed E-state index contributed by atoms with van der Waals surface area (Å²) < 4.78 is 12.7. The second-order valence-corrected chi connectivity index (χ2v) is 12.8. The first kappa shape index (κ1) is 31.1. The van der Waals surface area contributed by atoms with E-state index in [2.05, 4.69) is 10.2 Å². The molecule has 1 amide bonds. The van der Waals surface area contributed by atoms with E-state index in [4.69, 9.17) is 9.47 Å². The van der Waals surface area contributed by atoms with E-state index in [0.717, 1.165) is 16.7 Å². The number of hydrogen-bond acceptors (Lipinski definition) is 9. The van der Waals surface area contributed by atoms with E-state index in [1.807, 2.05) is 86.6 Å². The molecule has 1 N–H and O–H groups in total. The Labute approximate surface area is 275 Å². The third kappa shape index (κ3) is 6.68. The van der Waals surface area contributed by atoms with Crippen LogP contribution in [0.1, 0.15) is 40.8 Å². The summed E-state index contributed by atoms with van der Waals surface area (Å²) in [6.45, 7) is 4.50. The third-order valence-corrected chi connectivity index (χ3v) is 9.52. The van der Waals surface area contributed by atoms with Crippen molar-refractivity contribution in [2.45, 2.75) is 36.6 Å². The van der Waals surface area contributed by atoms with Crippen LogP contribution in [0.25, 0.3) is 5.76 Å². The van der Waals surface area contributed by atoms with E-state index >= 15 is 0 Å². The fourth-order valence-corrected chi connectivity index (χ4v) is 6.93. The Bertz CT molecular complexity index is 1880. The largest absolute Gasteiger partial charge is 0.507 e. The summed E-state index contributed by atoms with van der Waals surface area (Å²) >= 11 is 2.72. The minimum atomic E-state index is -0.983. The molecule has 2 heterocycles. The molecular formula is C36H31N3O5S2. The van der Waals surface area contributed by atoms with Gasteiger partial charge in [-0.2, -0.15) is 0 Å². The number of hydrogen-bond donors (Lipinski definition) is 1. The minimum Gasteiger partial charge on any atom is -0.507 e. The molecule has 1 saturated heterocycles. The standard InChI is InChI=1S/C36H31N3O5S2/c1-3-43-29-20-27(18-19-28(29)44-21-24-10-6-4-7-11-24)31-30(32(40)26-16-14-23(2)15-17-26)33(41)34(42)39(31)35-37-38-36(46-35)45-22-25-12-8-5-9-13-25/h4-20,31,40H,3,21-22H2,1-2H3/b32-30+. The lowest BCUT2D eigenvalue weighted by Crippen LogP contribution is -2.29. The first-order valence-corrected chi connectivity index (χ1v) is 16.5. The van der Waals surface area contributed by atoms with Gasteiger partial charge >= 0.3 is 5.91 Å². The van der Waals surface area contributed by atoms with Crippen molar-refractivity contribution in [2.24, 2.45) is 0 Å². The van der Waals surface area contributed by atoms with E-state index in [-0.39, 0.29) is 16.5 Å². The van der Waals surface area contributed by atoms with Crippen LogP contribution in [0.4, 0.5) is 5.13 Å². The van der Waals surface area contributed by atoms with Crippen molar-refractivity contribution in [3.05, 3.63) is 137 Å². The van der Waals surface area contributed by atoms with E-state index in [1.165, 1.54) is 28.0 Å². The Kier molecular flexibility index (Phi) is 9.46. The normalized spacial score (nSPS) is 15.7. The molecule has 1 aromatic heterocycles. The summed E-state index contributed by atoms with van der Waals surface area (Å²) in [5.74, 6) is -0.228. The van der Waals surface area contributed by atoms with Crippen molar-refractivity contribution < 1.29 is 24.2 Å². The van der Waals surface area contributed by atoms with Crippen molar-refractivity contribution in [3.63, 3.8) is 0 Å². The van der Waals surface area contributed by atoms with Gasteiger partial charge < -0.3 is 14.6 Å². The van der Waals surface area contributed by atoms with Crippen molar-refractivity contribution in [3.8, 4) is 11.5 Å². The van der Waals surface area contributed by atoms with Gasteiger partial charge in [0, 0.05) is 11.3 Å². The highest BCUT2D eigenvalue weighted by molar-refractivity contribution is 8.00. The van der Waals surface area contributed by atoms with Crippen LogP contribution in [-0.2, 0) is 21.9 Å². The number of amides is 1. The molecule has 46 heavy (non-hydrogen) atoms. The Morgan fingerprint density at radius 3 is 2.26 bits per heavy atom. The summed E-state index contributed by atoms with van der Waals surface area (Å²) in [5, 5.41) is 20.4. The highest BCUT2D eigenvalue weighted by atomic mass is 32.2. The number of ether oxygens (including phenoxy) is 2. The number of benzene rings is 4. The van der Waals surface area contributed by atoms with Crippen LogP contribution in [0, 0.1) is 6.92 Å². The van der Waals surface area contributed by atoms with Crippen molar-refractivity contribution >= 4 is 45.7 Å². The minimum absolute atomic E-state index is 0.0389. The Balaban J connectivity index is 1.40. The molecule has 0 radical (unpaired) electrons. The summed E-state index contributed by atoms with van der Waals surface area (Å²) in [6.07, 6.45) is 0. The smallest absolute Gasteiger partial charge is 0.301 e. The highest BCUT2D eigenvalue weighted by Crippen LogP contribution is 2.45. The van der Waals surface area contributed by atoms with E-state index in [0.29, 0.717) is 45.9 Å². The number of nitrogens with zero attached hydrogens (tertiary/aromatic N) is 3. The molecule has 5 aromatic rings. The van der Waals surface area contributed by atoms with Crippen LogP contribution in [-0.4, -0.2) is 33.6 Å². The van der Waals surface area contributed by atoms with Crippen LogP contribution >= 0.6 is 23.1 Å². The molecule has 0 bridgehead atoms. The van der Waals surface area contributed by atoms with Crippen LogP contribution in [0.15, 0.2) is 113 Å². The number of ketones is 1. The summed E-state index contributed by atoms with van der Waals surface area (Å²) in [5.41, 5.74) is 4.06. The fraction of sp³-hybridized carbons (Fsp3) is 0.167. The second-order valence-electron chi connectivity index (χ2n) is 10.6. The lowest BCUT2D eigenvalue weighted by molar-refractivity contribution is -0.132. The van der Waals surface area contributed by atoms with Gasteiger partial charge in [-0.05, 0) is 42.7 Å². The molecule has 1 atom stereocenters. The van der Waals surface area contributed by atoms with Crippen LogP contribution in [0.3, 0.4) is 0 Å². The van der Waals surface area contributed by atoms with E-state index < -0.39 is 17.7 Å². The predicted octanol–water partition coefficient (Wildman–Crippen LogP) is 7.74. The number of aryl methyl sites for hydroxylation is 1. The van der Waals surface area contributed by atoms with Gasteiger partial charge in [0.05, 0.1) is 18.2 Å². The van der Waals surface area contributed by atoms with Gasteiger partial charge in [0.1, 0.15) is 12.4 Å². The quantitative estimate of drug-likeness (QED) is 0.0510. The third-order valence-electron chi connectivity index (χ3n) is 7.40. The first-order chi connectivity index (χ1) is 22.4. The molecule has 0 spiro atoms. The molecule has 8 nitrogen and oxygen atoms in total. The molecular weight excluding hydrogens is 619 g/mol. The average molecular weight is 650 g/mol. The predicted molar refractivity (Wildman–Crippen MR) is 180 cm³/mol. The Morgan fingerprint density at radius 2 is 1.57 bits per heavy atom. The average Bonchev–Trinajstić information content (AvgIpc) is 3.65. The molecule has 0 aliphatic carbocycles. The molecule has 1 fully saturated rings. The van der Waals surface area contributed by atoms with E-state index in [9.17, 15) is 14.7 Å². The number of carbonyl (C=O) groups is 2. The number of thioether (sulfide) groups is 1. The zero-order valence-electron chi connectivity index (χ0n) is 25.3. The fourth-order valence-electron chi connectivity index (χ4n) is 5.11. The number of aromatic nitrogens is 2. The summed E-state index contributed by atoms with van der Waals surface area (Å²) in [7, 11) is 0. The number of Topliss-reactive ketones (excluding diaryl/α,β-unsaturated/α-hetero) is 1. The van der Waals surface area contributed by atoms with Crippen LogP contribution in [0.2, 0.25) is 0 Å². The van der Waals surface area contributed by atoms with E-state index in [1.54, 1.807) is 30.3 Å². The second kappa shape index (κ2) is 14.0. The summed E-state index contributed by atoms with van der Waals surface area (Å²) in [4.78, 5) is 28.7. The van der Waals surface area contributed by atoms with Crippen molar-refractivity contribution in [1.82, 2.24) is 10.2 Å². The zero-order chi connectivity index (χ0) is 32.0. The first-order valence-electron chi connectivity index (χ1n) is 14.7. The van der Waals surface area contributed by atoms with Crippen LogP contribution < -0.4 is 14.4 Å². The number of aliphatic hydroxyl groups is 1. The Hall–Kier alpha value is -4.93. The molecule has 1 aliphatic rings. The molecule has 0 saturated carbocycles. The number of anilines is 1. The maximum Gasteiger partial charge on any atom is 0.301 e. The van der Waals surface area contributed by atoms with Gasteiger partial charge in [0.15, 0.2) is 15.8 Å². The highest BCUT2D eigenvalue weighted by Gasteiger charge is 2.48. The summed E-state index contributed by atoms with van der Waals surface area (Å²) in [6, 6.07) is 31.2. The van der Waals surface area contributed by atoms with Gasteiger partial charge in [-0.3, -0.25) is 14.5 Å². The van der Waals surface area contributed by atoms with Gasteiger partial charge in [-0.1, -0.05) is 120 Å². The zero-order valence-corrected chi connectivity index (χ0v) is 26.9. The molecule has 10 heteroatoms. The number of carbonyl (C=O) groups excluding carboxylic acids is 2. The maximum atomic E-state index is 13.7.